The van der Waals surface area contributed by atoms with Gasteiger partial charge >= 0.3 is 0 Å². The molecule has 0 heterocycles. The van der Waals surface area contributed by atoms with E-state index in [2.05, 4.69) is 45.1 Å². The fourth-order valence-electron chi connectivity index (χ4n) is 3.20. The maximum Gasteiger partial charge on any atom is 0.228 e. The standard InChI is InChI=1S/C22H29NO/c1-16(2)15-20(18-11-7-5-8-12-18)23-22(24)21(17(3)4)19-13-9-6-10-14-19/h5-14,16-17,20-21H,15H2,1-4H3,(H,23,24)/t20-,21+/m0/s1. The highest BCUT2D eigenvalue weighted by atomic mass is 16.2. The first-order chi connectivity index (χ1) is 11.5. The van der Waals surface area contributed by atoms with E-state index in [1.54, 1.807) is 0 Å². The molecular weight excluding hydrogens is 294 g/mol. The number of carbonyl (C=O) groups is 1. The van der Waals surface area contributed by atoms with Gasteiger partial charge in [0, 0.05) is 0 Å². The monoisotopic (exact) mass is 323 g/mol. The van der Waals surface area contributed by atoms with Crippen molar-refractivity contribution in [3.8, 4) is 0 Å². The van der Waals surface area contributed by atoms with Gasteiger partial charge in [-0.05, 0) is 29.4 Å². The number of amides is 1. The minimum atomic E-state index is -0.121. The van der Waals surface area contributed by atoms with Crippen LogP contribution < -0.4 is 5.32 Å². The number of hydrogen-bond acceptors (Lipinski definition) is 1. The van der Waals surface area contributed by atoms with E-state index in [0.29, 0.717) is 5.92 Å². The minimum Gasteiger partial charge on any atom is -0.349 e. The third kappa shape index (κ3) is 4.95. The molecule has 2 nitrogen and oxygen atoms in total. The van der Waals surface area contributed by atoms with Gasteiger partial charge in [-0.15, -0.1) is 0 Å². The Labute approximate surface area is 146 Å². The molecule has 0 saturated heterocycles. The van der Waals surface area contributed by atoms with Crippen LogP contribution in [0.4, 0.5) is 0 Å². The van der Waals surface area contributed by atoms with E-state index in [1.165, 1.54) is 5.56 Å². The molecule has 0 radical (unpaired) electrons. The smallest absolute Gasteiger partial charge is 0.228 e. The second kappa shape index (κ2) is 8.68. The summed E-state index contributed by atoms with van der Waals surface area (Å²) in [5, 5.41) is 3.31. The van der Waals surface area contributed by atoms with E-state index < -0.39 is 0 Å². The summed E-state index contributed by atoms with van der Waals surface area (Å²) in [6.45, 7) is 8.60. The third-order valence-electron chi connectivity index (χ3n) is 4.33. The van der Waals surface area contributed by atoms with Crippen LogP contribution in [0.3, 0.4) is 0 Å². The van der Waals surface area contributed by atoms with Crippen molar-refractivity contribution in [3.63, 3.8) is 0 Å². The third-order valence-corrected chi connectivity index (χ3v) is 4.33. The fraction of sp³-hybridized carbons (Fsp3) is 0.409. The summed E-state index contributed by atoms with van der Waals surface area (Å²) >= 11 is 0. The Morgan fingerprint density at radius 2 is 1.33 bits per heavy atom. The van der Waals surface area contributed by atoms with Gasteiger partial charge in [-0.25, -0.2) is 0 Å². The summed E-state index contributed by atoms with van der Waals surface area (Å²) in [5.41, 5.74) is 2.26. The number of carbonyl (C=O) groups excluding carboxylic acids is 1. The second-order valence-electron chi connectivity index (χ2n) is 7.23. The van der Waals surface area contributed by atoms with Gasteiger partial charge in [-0.2, -0.15) is 0 Å². The van der Waals surface area contributed by atoms with E-state index >= 15 is 0 Å². The molecule has 0 aromatic heterocycles. The highest BCUT2D eigenvalue weighted by Crippen LogP contribution is 2.27. The quantitative estimate of drug-likeness (QED) is 0.733. The summed E-state index contributed by atoms with van der Waals surface area (Å²) in [5.74, 6) is 0.767. The van der Waals surface area contributed by atoms with Crippen molar-refractivity contribution in [3.05, 3.63) is 71.8 Å². The lowest BCUT2D eigenvalue weighted by Gasteiger charge is -2.26. The van der Waals surface area contributed by atoms with Gasteiger partial charge in [-0.3, -0.25) is 4.79 Å². The highest BCUT2D eigenvalue weighted by molar-refractivity contribution is 5.84. The van der Waals surface area contributed by atoms with Gasteiger partial charge < -0.3 is 5.32 Å². The van der Waals surface area contributed by atoms with Crippen LogP contribution >= 0.6 is 0 Å². The van der Waals surface area contributed by atoms with Crippen molar-refractivity contribution in [2.75, 3.05) is 0 Å². The summed E-state index contributed by atoms with van der Waals surface area (Å²) in [7, 11) is 0. The highest BCUT2D eigenvalue weighted by Gasteiger charge is 2.26. The van der Waals surface area contributed by atoms with Crippen molar-refractivity contribution < 1.29 is 4.79 Å². The Morgan fingerprint density at radius 1 is 0.833 bits per heavy atom. The molecule has 0 saturated carbocycles. The number of rotatable bonds is 7. The van der Waals surface area contributed by atoms with E-state index in [4.69, 9.17) is 0 Å². The Hall–Kier alpha value is -2.09. The molecule has 0 spiro atoms. The van der Waals surface area contributed by atoms with E-state index in [1.807, 2.05) is 48.5 Å². The maximum absolute atomic E-state index is 13.0. The molecule has 24 heavy (non-hydrogen) atoms. The molecule has 2 aromatic carbocycles. The molecule has 0 bridgehead atoms. The van der Waals surface area contributed by atoms with Crippen molar-refractivity contribution in [2.45, 2.75) is 46.1 Å². The minimum absolute atomic E-state index is 0.0589. The molecule has 2 rings (SSSR count). The van der Waals surface area contributed by atoms with Gasteiger partial charge in [-0.1, -0.05) is 88.4 Å². The lowest BCUT2D eigenvalue weighted by Crippen LogP contribution is -2.35. The molecule has 0 fully saturated rings. The van der Waals surface area contributed by atoms with Crippen LogP contribution in [0.1, 0.15) is 57.2 Å². The van der Waals surface area contributed by atoms with Gasteiger partial charge in [0.15, 0.2) is 0 Å². The molecule has 0 aliphatic heterocycles. The Bertz CT molecular complexity index is 619. The molecule has 0 unspecified atom stereocenters. The van der Waals surface area contributed by atoms with E-state index in [9.17, 15) is 4.79 Å². The van der Waals surface area contributed by atoms with Crippen molar-refractivity contribution in [1.29, 1.82) is 0 Å². The predicted octanol–water partition coefficient (Wildman–Crippen LogP) is 5.33. The first-order valence-electron chi connectivity index (χ1n) is 8.89. The molecular formula is C22H29NO. The average molecular weight is 323 g/mol. The Balaban J connectivity index is 2.22. The average Bonchev–Trinajstić information content (AvgIpc) is 2.55. The zero-order valence-corrected chi connectivity index (χ0v) is 15.2. The van der Waals surface area contributed by atoms with Crippen molar-refractivity contribution >= 4 is 5.91 Å². The summed E-state index contributed by atoms with van der Waals surface area (Å²) in [4.78, 5) is 13.0. The molecule has 2 heteroatoms. The largest absolute Gasteiger partial charge is 0.349 e. The number of benzene rings is 2. The van der Waals surface area contributed by atoms with E-state index in [-0.39, 0.29) is 23.8 Å². The summed E-state index contributed by atoms with van der Waals surface area (Å²) in [6.07, 6.45) is 0.940. The van der Waals surface area contributed by atoms with Gasteiger partial charge in [0.05, 0.1) is 12.0 Å². The van der Waals surface area contributed by atoms with Gasteiger partial charge in [0.1, 0.15) is 0 Å². The van der Waals surface area contributed by atoms with Crippen LogP contribution in [0.25, 0.3) is 0 Å². The number of hydrogen-bond donors (Lipinski definition) is 1. The SMILES string of the molecule is CC(C)C[C@H](NC(=O)[C@@H](c1ccccc1)C(C)C)c1ccccc1. The molecule has 0 aliphatic carbocycles. The maximum atomic E-state index is 13.0. The molecule has 0 aliphatic rings. The summed E-state index contributed by atoms with van der Waals surface area (Å²) in [6, 6.07) is 20.4. The predicted molar refractivity (Wildman–Crippen MR) is 101 cm³/mol. The van der Waals surface area contributed by atoms with Crippen LogP contribution in [0, 0.1) is 11.8 Å². The lowest BCUT2D eigenvalue weighted by atomic mass is 9.87. The van der Waals surface area contributed by atoms with Crippen molar-refractivity contribution in [1.82, 2.24) is 5.32 Å². The van der Waals surface area contributed by atoms with Gasteiger partial charge in [0.2, 0.25) is 5.91 Å². The number of nitrogens with one attached hydrogen (secondary N) is 1. The van der Waals surface area contributed by atoms with Crippen LogP contribution in [0.5, 0.6) is 0 Å². The Kier molecular flexibility index (Phi) is 6.60. The molecule has 2 aromatic rings. The fourth-order valence-corrected chi connectivity index (χ4v) is 3.20. The van der Waals surface area contributed by atoms with Crippen LogP contribution in [0.15, 0.2) is 60.7 Å². The van der Waals surface area contributed by atoms with Crippen LogP contribution in [-0.2, 0) is 4.79 Å². The lowest BCUT2D eigenvalue weighted by molar-refractivity contribution is -0.124. The first kappa shape index (κ1) is 18.3. The van der Waals surface area contributed by atoms with E-state index in [0.717, 1.165) is 12.0 Å². The molecule has 1 N–H and O–H groups in total. The zero-order valence-electron chi connectivity index (χ0n) is 15.2. The van der Waals surface area contributed by atoms with Gasteiger partial charge in [0.25, 0.3) is 0 Å². The normalized spacial score (nSPS) is 13.8. The molecule has 128 valence electrons. The van der Waals surface area contributed by atoms with Crippen LogP contribution in [-0.4, -0.2) is 5.91 Å². The Morgan fingerprint density at radius 3 is 1.79 bits per heavy atom. The first-order valence-corrected chi connectivity index (χ1v) is 8.89. The second-order valence-corrected chi connectivity index (χ2v) is 7.23. The summed E-state index contributed by atoms with van der Waals surface area (Å²) < 4.78 is 0. The topological polar surface area (TPSA) is 29.1 Å². The van der Waals surface area contributed by atoms with Crippen LogP contribution in [0.2, 0.25) is 0 Å². The zero-order chi connectivity index (χ0) is 17.5. The molecule has 2 atom stereocenters. The molecule has 1 amide bonds. The van der Waals surface area contributed by atoms with Crippen molar-refractivity contribution in [2.24, 2.45) is 11.8 Å².